The van der Waals surface area contributed by atoms with Crippen molar-refractivity contribution >= 4 is 5.97 Å². The predicted molar refractivity (Wildman–Crippen MR) is 203 cm³/mol. The van der Waals surface area contributed by atoms with Crippen LogP contribution >= 0.6 is 0 Å². The molecule has 3 heterocycles. The lowest BCUT2D eigenvalue weighted by Crippen LogP contribution is -2.71. The van der Waals surface area contributed by atoms with E-state index in [0.717, 1.165) is 51.9 Å². The number of hydrogen-bond acceptors (Lipinski definition) is 15. The largest absolute Gasteiger partial charge is 0.454 e. The standard InChI is InChI=1S/C43H70O15/c1-21(45)54-29-28(48)23(47)19-53-34(29)58-43(52)32(49)25(18-44)56-35(33(43)50)55-24-16-26-39(7)17-22(46)30(40(8)13-10-27(57-40)37(4,5)51)38(39,6)14-15-41(26)20-42(41)12-9-11-36(2,3)31(24)42/h22-35,44,46-52H,9-20H2,1-8H3/t22-,23+,24-,25+,26+,27-,28-,29+,30-,31-,32+,33-,34-,35+,38+,39-,40+,41-,42+,43+/m0/s1. The topological polar surface area (TPSA) is 234 Å². The molecule has 0 aromatic rings. The molecule has 2 spiro atoms. The molecule has 8 aliphatic rings. The van der Waals surface area contributed by atoms with E-state index in [0.29, 0.717) is 19.3 Å². The lowest BCUT2D eigenvalue weighted by molar-refractivity contribution is -0.442. The second-order valence-corrected chi connectivity index (χ2v) is 21.8. The maximum atomic E-state index is 12.2. The summed E-state index contributed by atoms with van der Waals surface area (Å²) in [5.74, 6) is -3.75. The number of fused-ring (bicyclic) bond motifs is 2. The van der Waals surface area contributed by atoms with Gasteiger partial charge >= 0.3 is 5.97 Å². The Hall–Kier alpha value is -1.05. The zero-order valence-electron chi connectivity index (χ0n) is 35.5. The van der Waals surface area contributed by atoms with Crippen molar-refractivity contribution in [1.82, 2.24) is 0 Å². The summed E-state index contributed by atoms with van der Waals surface area (Å²) >= 11 is 0. The Labute approximate surface area is 341 Å². The maximum absolute atomic E-state index is 12.2. The van der Waals surface area contributed by atoms with E-state index in [4.69, 9.17) is 28.4 Å². The smallest absolute Gasteiger partial charge is 0.303 e. The van der Waals surface area contributed by atoms with Crippen LogP contribution in [0.1, 0.15) is 120 Å². The third kappa shape index (κ3) is 6.10. The van der Waals surface area contributed by atoms with Gasteiger partial charge in [-0.1, -0.05) is 34.1 Å². The van der Waals surface area contributed by atoms with Crippen LogP contribution in [0.25, 0.3) is 0 Å². The van der Waals surface area contributed by atoms with Crippen LogP contribution in [0.2, 0.25) is 0 Å². The summed E-state index contributed by atoms with van der Waals surface area (Å²) < 4.78 is 36.4. The Morgan fingerprint density at radius 1 is 0.862 bits per heavy atom. The van der Waals surface area contributed by atoms with Crippen molar-refractivity contribution in [3.63, 3.8) is 0 Å². The summed E-state index contributed by atoms with van der Waals surface area (Å²) in [6.07, 6.45) is -6.46. The first-order chi connectivity index (χ1) is 26.8. The highest BCUT2D eigenvalue weighted by molar-refractivity contribution is 5.66. The minimum atomic E-state index is -2.91. The maximum Gasteiger partial charge on any atom is 0.303 e. The molecule has 332 valence electrons. The summed E-state index contributed by atoms with van der Waals surface area (Å²) in [7, 11) is 0. The van der Waals surface area contributed by atoms with Crippen molar-refractivity contribution in [2.24, 2.45) is 44.8 Å². The molecule has 5 aliphatic carbocycles. The van der Waals surface area contributed by atoms with Gasteiger partial charge in [-0.25, -0.2) is 0 Å². The molecule has 8 fully saturated rings. The van der Waals surface area contributed by atoms with Crippen molar-refractivity contribution in [3.8, 4) is 0 Å². The number of rotatable bonds is 8. The first kappa shape index (κ1) is 43.6. The van der Waals surface area contributed by atoms with Gasteiger partial charge in [0.05, 0.1) is 42.7 Å². The van der Waals surface area contributed by atoms with E-state index in [1.807, 2.05) is 0 Å². The highest BCUT2D eigenvalue weighted by Gasteiger charge is 2.84. The summed E-state index contributed by atoms with van der Waals surface area (Å²) in [5, 5.41) is 89.9. The number of hydrogen-bond donors (Lipinski definition) is 8. The number of carbonyl (C=O) groups is 1. The summed E-state index contributed by atoms with van der Waals surface area (Å²) in [4.78, 5) is 12.0. The molecule has 8 N–H and O–H groups in total. The van der Waals surface area contributed by atoms with Gasteiger partial charge in [0.25, 0.3) is 0 Å². The van der Waals surface area contributed by atoms with Crippen molar-refractivity contribution in [2.45, 2.75) is 204 Å². The minimum absolute atomic E-state index is 0.0281. The highest BCUT2D eigenvalue weighted by atomic mass is 16.8. The van der Waals surface area contributed by atoms with Gasteiger partial charge in [0.15, 0.2) is 18.5 Å². The zero-order valence-corrected chi connectivity index (χ0v) is 35.5. The number of aliphatic hydroxyl groups is 8. The molecular weight excluding hydrogens is 756 g/mol. The summed E-state index contributed by atoms with van der Waals surface area (Å²) in [6, 6.07) is 0. The summed E-state index contributed by atoms with van der Waals surface area (Å²) in [5.41, 5.74) is -2.49. The van der Waals surface area contributed by atoms with E-state index in [2.05, 4.69) is 34.6 Å². The first-order valence-corrected chi connectivity index (χ1v) is 21.8. The molecule has 58 heavy (non-hydrogen) atoms. The van der Waals surface area contributed by atoms with Gasteiger partial charge in [0.1, 0.15) is 24.4 Å². The predicted octanol–water partition coefficient (Wildman–Crippen LogP) is 1.64. The van der Waals surface area contributed by atoms with Gasteiger partial charge < -0.3 is 69.3 Å². The third-order valence-corrected chi connectivity index (χ3v) is 17.8. The van der Waals surface area contributed by atoms with Crippen molar-refractivity contribution in [3.05, 3.63) is 0 Å². The molecule has 8 rings (SSSR count). The fraction of sp³-hybridized carbons (Fsp3) is 0.977. The van der Waals surface area contributed by atoms with E-state index < -0.39 is 97.6 Å². The molecule has 20 atom stereocenters. The van der Waals surface area contributed by atoms with Gasteiger partial charge in [0.2, 0.25) is 12.1 Å². The fourth-order valence-corrected chi connectivity index (χ4v) is 15.2. The molecule has 0 aromatic heterocycles. The average Bonchev–Trinajstić information content (AvgIpc) is 3.47. The molecule has 0 unspecified atom stereocenters. The molecule has 0 aromatic carbocycles. The highest BCUT2D eigenvalue weighted by Crippen LogP contribution is 2.89. The van der Waals surface area contributed by atoms with Crippen LogP contribution in [0.4, 0.5) is 0 Å². The Morgan fingerprint density at radius 3 is 2.21 bits per heavy atom. The second kappa shape index (κ2) is 14.0. The number of ether oxygens (including phenoxy) is 6. The number of carbonyl (C=O) groups excluding carboxylic acids is 1. The SMILES string of the molecule is CC(=O)O[C@H]1[C@H](O[C@]2(O)[C@H](O)[C@@H](CO)O[C@@H](O[C@H]3C[C@H]4[C@]5(CC[C@]6(C)[C@@H]([C@@]7(C)CC[C@@H](C(C)(C)O)O7)[C@@H](O)C[C@@]46C)C[C@@]54CCCC(C)(C)[C@H]34)[C@@H]2O)OC[C@@H](O)[C@@H]1O. The van der Waals surface area contributed by atoms with E-state index in [9.17, 15) is 45.6 Å². The van der Waals surface area contributed by atoms with Crippen molar-refractivity contribution in [1.29, 1.82) is 0 Å². The molecule has 0 amide bonds. The Balaban J connectivity index is 1.12. The Kier molecular flexibility index (Phi) is 10.5. The quantitative estimate of drug-likeness (QED) is 0.0988. The first-order valence-electron chi connectivity index (χ1n) is 21.8. The van der Waals surface area contributed by atoms with Gasteiger partial charge in [-0.05, 0) is 117 Å². The Bertz CT molecular complexity index is 1590. The van der Waals surface area contributed by atoms with E-state index >= 15 is 0 Å². The molecule has 15 heteroatoms. The number of aliphatic hydroxyl groups excluding tert-OH is 6. The van der Waals surface area contributed by atoms with Crippen LogP contribution in [0.5, 0.6) is 0 Å². The monoisotopic (exact) mass is 826 g/mol. The lowest BCUT2D eigenvalue weighted by atomic mass is 9.41. The Morgan fingerprint density at radius 2 is 1.57 bits per heavy atom. The van der Waals surface area contributed by atoms with Crippen LogP contribution < -0.4 is 0 Å². The van der Waals surface area contributed by atoms with Gasteiger partial charge in [-0.15, -0.1) is 0 Å². The van der Waals surface area contributed by atoms with Gasteiger partial charge in [-0.3, -0.25) is 4.79 Å². The zero-order chi connectivity index (χ0) is 42.4. The van der Waals surface area contributed by atoms with Crippen molar-refractivity contribution in [2.75, 3.05) is 13.2 Å². The van der Waals surface area contributed by atoms with Crippen LogP contribution in [0.3, 0.4) is 0 Å². The normalized spacial score (nSPS) is 56.1. The van der Waals surface area contributed by atoms with Crippen molar-refractivity contribution < 1.29 is 74.1 Å². The molecule has 0 bridgehead atoms. The molecule has 0 radical (unpaired) electrons. The lowest BCUT2D eigenvalue weighted by Gasteiger charge is -2.64. The molecule has 5 saturated carbocycles. The molecule has 3 aliphatic heterocycles. The van der Waals surface area contributed by atoms with Crippen LogP contribution in [-0.4, -0.2) is 145 Å². The van der Waals surface area contributed by atoms with Crippen LogP contribution in [0, 0.1) is 44.8 Å². The van der Waals surface area contributed by atoms with E-state index in [-0.39, 0.29) is 50.9 Å². The number of esters is 1. The molecular formula is C43H70O15. The fourth-order valence-electron chi connectivity index (χ4n) is 15.2. The second-order valence-electron chi connectivity index (χ2n) is 21.8. The van der Waals surface area contributed by atoms with Crippen LogP contribution in [0.15, 0.2) is 0 Å². The van der Waals surface area contributed by atoms with E-state index in [1.165, 1.54) is 0 Å². The third-order valence-electron chi connectivity index (χ3n) is 17.8. The summed E-state index contributed by atoms with van der Waals surface area (Å²) in [6.45, 7) is 14.7. The van der Waals surface area contributed by atoms with Gasteiger partial charge in [0, 0.05) is 12.8 Å². The minimum Gasteiger partial charge on any atom is -0.454 e. The average molecular weight is 827 g/mol. The van der Waals surface area contributed by atoms with E-state index in [1.54, 1.807) is 13.8 Å². The molecule has 3 saturated heterocycles. The van der Waals surface area contributed by atoms with Gasteiger partial charge in [-0.2, -0.15) is 0 Å². The van der Waals surface area contributed by atoms with Crippen LogP contribution in [-0.2, 0) is 33.2 Å². The molecule has 15 nitrogen and oxygen atoms in total.